The van der Waals surface area contributed by atoms with Crippen LogP contribution in [0.2, 0.25) is 0 Å². The van der Waals surface area contributed by atoms with Crippen LogP contribution in [0.25, 0.3) is 16.7 Å². The van der Waals surface area contributed by atoms with Gasteiger partial charge in [0, 0.05) is 13.0 Å². The second-order valence-electron chi connectivity index (χ2n) is 9.53. The van der Waals surface area contributed by atoms with E-state index >= 15 is 4.39 Å². The first kappa shape index (κ1) is 29.9. The summed E-state index contributed by atoms with van der Waals surface area (Å²) in [5.74, 6) is -2.85. The zero-order chi connectivity index (χ0) is 30.1. The summed E-state index contributed by atoms with van der Waals surface area (Å²) in [6, 6.07) is 4.56. The molecule has 3 unspecified atom stereocenters. The second kappa shape index (κ2) is 11.4. The van der Waals surface area contributed by atoms with Gasteiger partial charge in [0.15, 0.2) is 17.1 Å². The predicted molar refractivity (Wildman–Crippen MR) is 140 cm³/mol. The van der Waals surface area contributed by atoms with Crippen molar-refractivity contribution in [2.24, 2.45) is 0 Å². The molecule has 3 heterocycles. The normalized spacial score (nSPS) is 21.9. The molecule has 5 rings (SSSR count). The number of hydrogen-bond acceptors (Lipinski definition) is 6. The van der Waals surface area contributed by atoms with Crippen molar-refractivity contribution in [3.8, 4) is 0 Å². The van der Waals surface area contributed by atoms with Crippen molar-refractivity contribution in [2.75, 3.05) is 11.9 Å². The summed E-state index contributed by atoms with van der Waals surface area (Å²) in [5, 5.41) is 10.4. The van der Waals surface area contributed by atoms with Gasteiger partial charge < -0.3 is 20.3 Å². The Morgan fingerprint density at radius 2 is 2.00 bits per heavy atom. The van der Waals surface area contributed by atoms with E-state index in [-0.39, 0.29) is 10.9 Å². The average molecular weight is 599 g/mol. The molecule has 3 N–H and O–H groups in total. The fraction of sp³-hybridized carbons (Fsp3) is 0.346. The lowest BCUT2D eigenvalue weighted by atomic mass is 9.77. The number of nitrogens with one attached hydrogen (secondary N) is 2. The summed E-state index contributed by atoms with van der Waals surface area (Å²) < 4.78 is 62.3. The number of carbonyl (C=O) groups is 2. The number of carboxylic acid groups (broad SMARTS) is 1. The van der Waals surface area contributed by atoms with Gasteiger partial charge in [-0.1, -0.05) is 23.7 Å². The number of fused-ring (bicyclic) bond motifs is 1. The highest BCUT2D eigenvalue weighted by Crippen LogP contribution is 2.47. The molecule has 2 aliphatic rings. The minimum absolute atomic E-state index is 0.0182. The topological polar surface area (TPSA) is 124 Å². The largest absolute Gasteiger partial charge is 0.490 e. The molecule has 0 saturated carbocycles. The molecule has 0 radical (unpaired) electrons. The first-order chi connectivity index (χ1) is 19.2. The molecule has 1 saturated heterocycles. The maximum atomic E-state index is 16.2. The molecule has 2 aromatic heterocycles. The lowest BCUT2D eigenvalue weighted by Gasteiger charge is -2.43. The number of benzene rings is 1. The van der Waals surface area contributed by atoms with E-state index in [0.29, 0.717) is 53.1 Å². The SMILES string of the molecule is CC(Nc1ncnc2nc[nH]c12)C1=C(c2cccc(F)c2)C(N2CCCC2=O)C(C)(F)C(Cl)=C1.O=C(O)C(F)(F)F. The number of hydrogen-bond donors (Lipinski definition) is 3. The Balaban J connectivity index is 0.000000493. The number of aromatic nitrogens is 4. The number of aromatic amines is 1. The lowest BCUT2D eigenvalue weighted by Crippen LogP contribution is -2.52. The number of anilines is 1. The Labute approximate surface area is 235 Å². The van der Waals surface area contributed by atoms with Crippen LogP contribution < -0.4 is 5.32 Å². The maximum absolute atomic E-state index is 16.2. The van der Waals surface area contributed by atoms with Crippen molar-refractivity contribution in [1.82, 2.24) is 24.8 Å². The highest BCUT2D eigenvalue weighted by atomic mass is 35.5. The second-order valence-corrected chi connectivity index (χ2v) is 9.94. The number of aliphatic carboxylic acids is 1. The molecular weight excluding hydrogens is 575 g/mol. The third-order valence-corrected chi connectivity index (χ3v) is 7.17. The van der Waals surface area contributed by atoms with Crippen LogP contribution in [-0.2, 0) is 9.59 Å². The number of amides is 1. The molecule has 9 nitrogen and oxygen atoms in total. The summed E-state index contributed by atoms with van der Waals surface area (Å²) in [4.78, 5) is 38.8. The molecule has 1 aliphatic heterocycles. The number of carboxylic acids is 1. The predicted octanol–water partition coefficient (Wildman–Crippen LogP) is 5.24. The van der Waals surface area contributed by atoms with Crippen LogP contribution in [0.1, 0.15) is 32.3 Å². The first-order valence-corrected chi connectivity index (χ1v) is 12.7. The number of halogens is 6. The first-order valence-electron chi connectivity index (χ1n) is 12.3. The smallest absolute Gasteiger partial charge is 0.475 e. The van der Waals surface area contributed by atoms with E-state index in [4.69, 9.17) is 21.5 Å². The number of imidazole rings is 1. The van der Waals surface area contributed by atoms with Crippen molar-refractivity contribution in [3.05, 3.63) is 65.0 Å². The van der Waals surface area contributed by atoms with Gasteiger partial charge in [0.1, 0.15) is 17.7 Å². The maximum Gasteiger partial charge on any atom is 0.490 e. The van der Waals surface area contributed by atoms with Crippen LogP contribution in [0.15, 0.2) is 53.6 Å². The van der Waals surface area contributed by atoms with Gasteiger partial charge in [-0.15, -0.1) is 0 Å². The van der Waals surface area contributed by atoms with Gasteiger partial charge in [-0.25, -0.2) is 28.5 Å². The summed E-state index contributed by atoms with van der Waals surface area (Å²) in [6.07, 6.45) is 0.376. The van der Waals surface area contributed by atoms with Gasteiger partial charge in [-0.2, -0.15) is 13.2 Å². The van der Waals surface area contributed by atoms with Crippen molar-refractivity contribution >= 4 is 46.0 Å². The van der Waals surface area contributed by atoms with E-state index in [2.05, 4.69) is 25.3 Å². The fourth-order valence-corrected chi connectivity index (χ4v) is 5.02. The molecular formula is C26H24ClF5N6O3. The Bertz CT molecular complexity index is 1540. The molecule has 3 atom stereocenters. The number of nitrogens with zero attached hydrogens (tertiary/aromatic N) is 4. The third-order valence-electron chi connectivity index (χ3n) is 6.69. The summed E-state index contributed by atoms with van der Waals surface area (Å²) >= 11 is 6.50. The molecule has 41 heavy (non-hydrogen) atoms. The van der Waals surface area contributed by atoms with E-state index in [1.54, 1.807) is 18.2 Å². The molecule has 218 valence electrons. The van der Waals surface area contributed by atoms with E-state index < -0.39 is 35.7 Å². The van der Waals surface area contributed by atoms with Crippen LogP contribution in [-0.4, -0.2) is 72.3 Å². The van der Waals surface area contributed by atoms with Crippen LogP contribution in [0.5, 0.6) is 0 Å². The van der Waals surface area contributed by atoms with Gasteiger partial charge in [0.25, 0.3) is 0 Å². The molecule has 1 fully saturated rings. The monoisotopic (exact) mass is 598 g/mol. The summed E-state index contributed by atoms with van der Waals surface area (Å²) in [5.41, 5.74) is 0.721. The summed E-state index contributed by atoms with van der Waals surface area (Å²) in [7, 11) is 0. The van der Waals surface area contributed by atoms with Crippen LogP contribution in [0.3, 0.4) is 0 Å². The van der Waals surface area contributed by atoms with Crippen LogP contribution >= 0.6 is 11.6 Å². The van der Waals surface area contributed by atoms with Gasteiger partial charge in [0.2, 0.25) is 5.91 Å². The van der Waals surface area contributed by atoms with Crippen molar-refractivity contribution in [3.63, 3.8) is 0 Å². The van der Waals surface area contributed by atoms with E-state index in [9.17, 15) is 22.4 Å². The minimum Gasteiger partial charge on any atom is -0.475 e. The van der Waals surface area contributed by atoms with E-state index in [1.807, 2.05) is 6.92 Å². The Morgan fingerprint density at radius 1 is 1.29 bits per heavy atom. The number of H-pyrrole nitrogens is 1. The molecule has 1 aliphatic carbocycles. The lowest BCUT2D eigenvalue weighted by molar-refractivity contribution is -0.192. The zero-order valence-electron chi connectivity index (χ0n) is 21.6. The Morgan fingerprint density at radius 3 is 2.61 bits per heavy atom. The minimum atomic E-state index is -5.08. The molecule has 1 aromatic carbocycles. The Kier molecular flexibility index (Phi) is 8.34. The highest BCUT2D eigenvalue weighted by Gasteiger charge is 2.50. The summed E-state index contributed by atoms with van der Waals surface area (Å²) in [6.45, 7) is 3.65. The van der Waals surface area contributed by atoms with E-state index in [0.717, 1.165) is 0 Å². The standard InChI is InChI=1S/C24H23ClF2N6O.C2HF3O2/c1-13(32-23-20-22(29-11-28-20)30-12-31-23)16-10-17(25)24(2,27)21(33-8-4-7-18(33)34)19(16)14-5-3-6-15(26)9-14;3-2(4,5)1(6)7/h3,5-6,9-13,21H,4,7-8H2,1-2H3,(H2,28,29,30,31,32);(H,6,7). The third kappa shape index (κ3) is 6.16. The fourth-order valence-electron chi connectivity index (χ4n) is 4.80. The van der Waals surface area contributed by atoms with Gasteiger partial charge in [-0.3, -0.25) is 4.79 Å². The number of likely N-dealkylation sites (tertiary alicyclic amines) is 1. The van der Waals surface area contributed by atoms with Gasteiger partial charge in [-0.05, 0) is 55.2 Å². The zero-order valence-corrected chi connectivity index (χ0v) is 22.4. The highest BCUT2D eigenvalue weighted by molar-refractivity contribution is 6.31. The van der Waals surface area contributed by atoms with Crippen LogP contribution in [0.4, 0.5) is 27.8 Å². The average Bonchev–Trinajstić information content (AvgIpc) is 3.54. The van der Waals surface area contributed by atoms with Gasteiger partial charge in [0.05, 0.1) is 23.4 Å². The Hall–Kier alpha value is -4.07. The van der Waals surface area contributed by atoms with Crippen molar-refractivity contribution < 1.29 is 36.6 Å². The number of rotatable bonds is 5. The van der Waals surface area contributed by atoms with Crippen molar-refractivity contribution in [2.45, 2.75) is 50.6 Å². The molecule has 0 spiro atoms. The van der Waals surface area contributed by atoms with E-state index in [1.165, 1.54) is 36.6 Å². The number of carbonyl (C=O) groups excluding carboxylic acids is 1. The molecule has 3 aromatic rings. The van der Waals surface area contributed by atoms with Gasteiger partial charge >= 0.3 is 12.1 Å². The number of alkyl halides is 4. The quantitative estimate of drug-likeness (QED) is 0.343. The molecule has 1 amide bonds. The molecule has 15 heteroatoms. The van der Waals surface area contributed by atoms with Crippen molar-refractivity contribution in [1.29, 1.82) is 0 Å². The van der Waals surface area contributed by atoms with Crippen LogP contribution in [0, 0.1) is 5.82 Å². The molecule has 0 bridgehead atoms.